The average molecular weight is 314 g/mol. The highest BCUT2D eigenvalue weighted by molar-refractivity contribution is 9.10. The maximum Gasteiger partial charge on any atom is 0.252 e. The molecule has 0 bridgehead atoms. The predicted molar refractivity (Wildman–Crippen MR) is 73.8 cm³/mol. The Morgan fingerprint density at radius 1 is 1.61 bits per heavy atom. The number of hydrogen-bond acceptors (Lipinski definition) is 3. The SMILES string of the molecule is Cc1ccc(Br)c(C(=O)NC(C)C/C(N)=N/O)c1. The summed E-state index contributed by atoms with van der Waals surface area (Å²) in [6.07, 6.45) is 0.297. The Morgan fingerprint density at radius 3 is 2.89 bits per heavy atom. The minimum Gasteiger partial charge on any atom is -0.409 e. The maximum atomic E-state index is 12.0. The zero-order valence-corrected chi connectivity index (χ0v) is 11.9. The fourth-order valence-corrected chi connectivity index (χ4v) is 1.95. The number of carbonyl (C=O) groups is 1. The highest BCUT2D eigenvalue weighted by Crippen LogP contribution is 2.18. The van der Waals surface area contributed by atoms with Crippen molar-refractivity contribution in [1.82, 2.24) is 5.32 Å². The van der Waals surface area contributed by atoms with Crippen molar-refractivity contribution in [3.8, 4) is 0 Å². The number of oxime groups is 1. The Kier molecular flexibility index (Phi) is 5.15. The minimum absolute atomic E-state index is 0.0890. The lowest BCUT2D eigenvalue weighted by molar-refractivity contribution is 0.0940. The van der Waals surface area contributed by atoms with Crippen LogP contribution in [0.3, 0.4) is 0 Å². The van der Waals surface area contributed by atoms with Crippen LogP contribution < -0.4 is 11.1 Å². The van der Waals surface area contributed by atoms with Crippen molar-refractivity contribution >= 4 is 27.7 Å². The molecule has 5 nitrogen and oxygen atoms in total. The lowest BCUT2D eigenvalue weighted by Crippen LogP contribution is -2.36. The number of rotatable bonds is 4. The van der Waals surface area contributed by atoms with Gasteiger partial charge in [-0.15, -0.1) is 0 Å². The molecular weight excluding hydrogens is 298 g/mol. The Bertz CT molecular complexity index is 474. The van der Waals surface area contributed by atoms with Crippen molar-refractivity contribution in [2.45, 2.75) is 26.3 Å². The molecule has 1 atom stereocenters. The van der Waals surface area contributed by atoms with Crippen LogP contribution in [0.2, 0.25) is 0 Å². The molecule has 6 heteroatoms. The van der Waals surface area contributed by atoms with Crippen molar-refractivity contribution in [3.63, 3.8) is 0 Å². The quantitative estimate of drug-likeness (QED) is 0.344. The molecule has 18 heavy (non-hydrogen) atoms. The number of amidine groups is 1. The molecular formula is C12H16BrN3O2. The molecule has 0 heterocycles. The zero-order chi connectivity index (χ0) is 13.7. The third kappa shape index (κ3) is 4.03. The van der Waals surface area contributed by atoms with E-state index in [0.717, 1.165) is 10.0 Å². The fourth-order valence-electron chi connectivity index (χ4n) is 1.52. The Hall–Kier alpha value is -1.56. The summed E-state index contributed by atoms with van der Waals surface area (Å²) in [5.74, 6) is -0.102. The Morgan fingerprint density at radius 2 is 2.28 bits per heavy atom. The van der Waals surface area contributed by atoms with Crippen molar-refractivity contribution in [2.75, 3.05) is 0 Å². The number of hydrogen-bond donors (Lipinski definition) is 3. The Labute approximate surface area is 114 Å². The van der Waals surface area contributed by atoms with E-state index in [1.165, 1.54) is 0 Å². The second-order valence-corrected chi connectivity index (χ2v) is 5.01. The van der Waals surface area contributed by atoms with Gasteiger partial charge in [0.15, 0.2) is 0 Å². The number of nitrogens with one attached hydrogen (secondary N) is 1. The van der Waals surface area contributed by atoms with Crippen LogP contribution in [0.15, 0.2) is 27.8 Å². The molecule has 1 unspecified atom stereocenters. The van der Waals surface area contributed by atoms with Gasteiger partial charge in [0, 0.05) is 16.9 Å². The summed E-state index contributed by atoms with van der Waals surface area (Å²) in [5.41, 5.74) is 6.96. The molecule has 4 N–H and O–H groups in total. The number of halogens is 1. The van der Waals surface area contributed by atoms with E-state index in [4.69, 9.17) is 10.9 Å². The lowest BCUT2D eigenvalue weighted by Gasteiger charge is -2.14. The molecule has 0 aromatic heterocycles. The number of carbonyl (C=O) groups excluding carboxylic acids is 1. The molecule has 0 aliphatic heterocycles. The van der Waals surface area contributed by atoms with Crippen LogP contribution in [-0.2, 0) is 0 Å². The van der Waals surface area contributed by atoms with Crippen LogP contribution >= 0.6 is 15.9 Å². The normalized spacial score (nSPS) is 13.2. The third-order valence-electron chi connectivity index (χ3n) is 2.39. The molecule has 0 spiro atoms. The molecule has 0 aliphatic rings. The van der Waals surface area contributed by atoms with Gasteiger partial charge >= 0.3 is 0 Å². The van der Waals surface area contributed by atoms with E-state index in [1.54, 1.807) is 13.0 Å². The van der Waals surface area contributed by atoms with Gasteiger partial charge in [-0.05, 0) is 41.9 Å². The van der Waals surface area contributed by atoms with Gasteiger partial charge in [0.2, 0.25) is 0 Å². The summed E-state index contributed by atoms with van der Waals surface area (Å²) in [5, 5.41) is 14.1. The summed E-state index contributed by atoms with van der Waals surface area (Å²) in [6.45, 7) is 3.71. The summed E-state index contributed by atoms with van der Waals surface area (Å²) in [4.78, 5) is 12.0. The largest absolute Gasteiger partial charge is 0.409 e. The van der Waals surface area contributed by atoms with E-state index >= 15 is 0 Å². The van der Waals surface area contributed by atoms with Gasteiger partial charge in [0.05, 0.1) is 5.56 Å². The molecule has 98 valence electrons. The van der Waals surface area contributed by atoms with Gasteiger partial charge < -0.3 is 16.3 Å². The van der Waals surface area contributed by atoms with Gasteiger partial charge in [0.25, 0.3) is 5.91 Å². The molecule has 0 fully saturated rings. The van der Waals surface area contributed by atoms with Gasteiger partial charge in [-0.3, -0.25) is 4.79 Å². The maximum absolute atomic E-state index is 12.0. The van der Waals surface area contributed by atoms with Gasteiger partial charge in [0.1, 0.15) is 5.84 Å². The molecule has 0 aliphatic carbocycles. The third-order valence-corrected chi connectivity index (χ3v) is 3.08. The van der Waals surface area contributed by atoms with Crippen molar-refractivity contribution in [1.29, 1.82) is 0 Å². The summed E-state index contributed by atoms with van der Waals surface area (Å²) in [7, 11) is 0. The predicted octanol–water partition coefficient (Wildman–Crippen LogP) is 2.01. The number of benzene rings is 1. The number of aryl methyl sites for hydroxylation is 1. The number of nitrogens with zero attached hydrogens (tertiary/aromatic N) is 1. The summed E-state index contributed by atoms with van der Waals surface area (Å²) >= 11 is 3.34. The van der Waals surface area contributed by atoms with Crippen molar-refractivity contribution < 1.29 is 10.0 Å². The van der Waals surface area contributed by atoms with Crippen LogP contribution in [0.5, 0.6) is 0 Å². The number of nitrogens with two attached hydrogens (primary N) is 1. The van der Waals surface area contributed by atoms with Gasteiger partial charge in [-0.1, -0.05) is 16.8 Å². The van der Waals surface area contributed by atoms with Crippen LogP contribution in [0.25, 0.3) is 0 Å². The first-order valence-electron chi connectivity index (χ1n) is 5.47. The zero-order valence-electron chi connectivity index (χ0n) is 10.3. The lowest BCUT2D eigenvalue weighted by atomic mass is 10.1. The van der Waals surface area contributed by atoms with Crippen molar-refractivity contribution in [3.05, 3.63) is 33.8 Å². The smallest absolute Gasteiger partial charge is 0.252 e. The van der Waals surface area contributed by atoms with Crippen LogP contribution in [0.4, 0.5) is 0 Å². The van der Waals surface area contributed by atoms with Crippen LogP contribution in [0.1, 0.15) is 29.3 Å². The first-order valence-corrected chi connectivity index (χ1v) is 6.26. The fraction of sp³-hybridized carbons (Fsp3) is 0.333. The standard InChI is InChI=1S/C12H16BrN3O2/c1-7-3-4-10(13)9(5-7)12(17)15-8(2)6-11(14)16-18/h3-5,8,18H,6H2,1-2H3,(H2,14,16)(H,15,17). The van der Waals surface area contributed by atoms with E-state index < -0.39 is 0 Å². The van der Waals surface area contributed by atoms with E-state index in [2.05, 4.69) is 26.4 Å². The van der Waals surface area contributed by atoms with E-state index in [1.807, 2.05) is 19.1 Å². The monoisotopic (exact) mass is 313 g/mol. The van der Waals surface area contributed by atoms with E-state index in [9.17, 15) is 4.79 Å². The second kappa shape index (κ2) is 6.39. The van der Waals surface area contributed by atoms with Gasteiger partial charge in [-0.2, -0.15) is 0 Å². The molecule has 1 aromatic rings. The topological polar surface area (TPSA) is 87.7 Å². The van der Waals surface area contributed by atoms with Crippen LogP contribution in [-0.4, -0.2) is 23.0 Å². The summed E-state index contributed by atoms with van der Waals surface area (Å²) in [6, 6.07) is 5.34. The molecule has 0 saturated heterocycles. The van der Waals surface area contributed by atoms with Gasteiger partial charge in [-0.25, -0.2) is 0 Å². The van der Waals surface area contributed by atoms with E-state index in [-0.39, 0.29) is 17.8 Å². The molecule has 1 amide bonds. The second-order valence-electron chi connectivity index (χ2n) is 4.15. The molecule has 1 rings (SSSR count). The van der Waals surface area contributed by atoms with Crippen molar-refractivity contribution in [2.24, 2.45) is 10.9 Å². The number of amides is 1. The first-order chi connectivity index (χ1) is 8.43. The summed E-state index contributed by atoms with van der Waals surface area (Å²) < 4.78 is 0.738. The highest BCUT2D eigenvalue weighted by atomic mass is 79.9. The highest BCUT2D eigenvalue weighted by Gasteiger charge is 2.13. The van der Waals surface area contributed by atoms with E-state index in [0.29, 0.717) is 12.0 Å². The average Bonchev–Trinajstić information content (AvgIpc) is 2.31. The molecule has 0 saturated carbocycles. The van der Waals surface area contributed by atoms with Crippen LogP contribution in [0, 0.1) is 6.92 Å². The minimum atomic E-state index is -0.208. The Balaban J connectivity index is 2.73. The molecule has 0 radical (unpaired) electrons. The first kappa shape index (κ1) is 14.5. The molecule has 1 aromatic carbocycles.